The molecule has 0 bridgehead atoms. The van der Waals surface area contributed by atoms with Crippen molar-refractivity contribution in [3.63, 3.8) is 0 Å². The Morgan fingerprint density at radius 1 is 1.50 bits per heavy atom. The normalized spacial score (nSPS) is 18.2. The van der Waals surface area contributed by atoms with E-state index in [2.05, 4.69) is 28.2 Å². The van der Waals surface area contributed by atoms with Crippen LogP contribution in [0.5, 0.6) is 0 Å². The first kappa shape index (κ1) is 15.5. The lowest BCUT2D eigenvalue weighted by atomic mass is 10.1. The molecule has 1 aliphatic rings. The van der Waals surface area contributed by atoms with Crippen molar-refractivity contribution < 1.29 is 4.79 Å². The van der Waals surface area contributed by atoms with Gasteiger partial charge in [-0.2, -0.15) is 0 Å². The van der Waals surface area contributed by atoms with Gasteiger partial charge in [-0.25, -0.2) is 0 Å². The van der Waals surface area contributed by atoms with E-state index in [0.717, 1.165) is 41.7 Å². The third kappa shape index (κ3) is 3.83. The molecule has 1 heterocycles. The largest absolute Gasteiger partial charge is 0.337 e. The Hall–Kier alpha value is -0.870. The molecule has 1 saturated heterocycles. The van der Waals surface area contributed by atoms with E-state index in [9.17, 15) is 4.79 Å². The van der Waals surface area contributed by atoms with Crippen molar-refractivity contribution in [3.05, 3.63) is 33.8 Å². The van der Waals surface area contributed by atoms with Crippen LogP contribution in [-0.2, 0) is 0 Å². The van der Waals surface area contributed by atoms with E-state index in [1.54, 1.807) is 0 Å². The van der Waals surface area contributed by atoms with Crippen molar-refractivity contribution in [1.82, 2.24) is 10.2 Å². The van der Waals surface area contributed by atoms with Crippen LogP contribution < -0.4 is 5.32 Å². The topological polar surface area (TPSA) is 32.3 Å². The molecule has 110 valence electrons. The fourth-order valence-corrected chi connectivity index (χ4v) is 3.35. The second-order valence-electron chi connectivity index (χ2n) is 5.53. The molecule has 0 aliphatic carbocycles. The maximum atomic E-state index is 12.7. The van der Waals surface area contributed by atoms with Gasteiger partial charge in [0.2, 0.25) is 0 Å². The lowest BCUT2D eigenvalue weighted by Crippen LogP contribution is -2.41. The number of amides is 1. The highest BCUT2D eigenvalue weighted by Crippen LogP contribution is 2.21. The number of aryl methyl sites for hydroxylation is 1. The molecular weight excluding hydrogens is 316 g/mol. The van der Waals surface area contributed by atoms with Crippen LogP contribution in [0.4, 0.5) is 0 Å². The quantitative estimate of drug-likeness (QED) is 0.892. The predicted molar refractivity (Wildman–Crippen MR) is 86.1 cm³/mol. The lowest BCUT2D eigenvalue weighted by molar-refractivity contribution is 0.0741. The first-order valence-electron chi connectivity index (χ1n) is 7.40. The number of carbonyl (C=O) groups is 1. The maximum absolute atomic E-state index is 12.7. The average Bonchev–Trinajstić information content (AvgIpc) is 2.90. The van der Waals surface area contributed by atoms with Crippen LogP contribution in [-0.4, -0.2) is 36.5 Å². The van der Waals surface area contributed by atoms with Crippen LogP contribution in [0, 0.1) is 6.92 Å². The van der Waals surface area contributed by atoms with Crippen LogP contribution in [0.15, 0.2) is 22.7 Å². The molecule has 0 spiro atoms. The summed E-state index contributed by atoms with van der Waals surface area (Å²) in [6.45, 7) is 6.86. The van der Waals surface area contributed by atoms with Gasteiger partial charge >= 0.3 is 0 Å². The summed E-state index contributed by atoms with van der Waals surface area (Å²) in [6.07, 6.45) is 3.37. The van der Waals surface area contributed by atoms with Gasteiger partial charge in [-0.1, -0.05) is 13.0 Å². The fourth-order valence-electron chi connectivity index (χ4n) is 2.69. The van der Waals surface area contributed by atoms with E-state index < -0.39 is 0 Å². The number of rotatable bonds is 5. The summed E-state index contributed by atoms with van der Waals surface area (Å²) in [4.78, 5) is 14.7. The molecule has 1 fully saturated rings. The van der Waals surface area contributed by atoms with Crippen molar-refractivity contribution in [2.24, 2.45) is 0 Å². The minimum Gasteiger partial charge on any atom is -0.337 e. The van der Waals surface area contributed by atoms with Gasteiger partial charge in [-0.15, -0.1) is 0 Å². The zero-order chi connectivity index (χ0) is 14.5. The number of benzene rings is 1. The maximum Gasteiger partial charge on any atom is 0.255 e. The first-order chi connectivity index (χ1) is 9.61. The van der Waals surface area contributed by atoms with Crippen LogP contribution in [0.2, 0.25) is 0 Å². The third-order valence-corrected chi connectivity index (χ3v) is 4.39. The average molecular weight is 339 g/mol. The molecule has 1 amide bonds. The molecule has 1 aliphatic heterocycles. The van der Waals surface area contributed by atoms with Crippen LogP contribution in [0.1, 0.15) is 42.1 Å². The van der Waals surface area contributed by atoms with Crippen LogP contribution in [0.25, 0.3) is 0 Å². The zero-order valence-corrected chi connectivity index (χ0v) is 13.9. The van der Waals surface area contributed by atoms with Crippen molar-refractivity contribution in [2.45, 2.75) is 39.2 Å². The van der Waals surface area contributed by atoms with Gasteiger partial charge < -0.3 is 10.2 Å². The van der Waals surface area contributed by atoms with Gasteiger partial charge in [0.15, 0.2) is 0 Å². The summed E-state index contributed by atoms with van der Waals surface area (Å²) in [6, 6.07) is 6.38. The van der Waals surface area contributed by atoms with E-state index in [-0.39, 0.29) is 5.91 Å². The fraction of sp³-hybridized carbons (Fsp3) is 0.562. The van der Waals surface area contributed by atoms with Crippen molar-refractivity contribution in [3.8, 4) is 0 Å². The molecule has 3 nitrogen and oxygen atoms in total. The molecule has 20 heavy (non-hydrogen) atoms. The SMILES string of the molecule is CCCN(CC1CCCN1)C(=O)c1ccc(C)cc1Br. The highest BCUT2D eigenvalue weighted by molar-refractivity contribution is 9.10. The Bertz CT molecular complexity index is 470. The third-order valence-electron chi connectivity index (χ3n) is 3.74. The Balaban J connectivity index is 2.12. The van der Waals surface area contributed by atoms with E-state index in [0.29, 0.717) is 6.04 Å². The Kier molecular flexibility index (Phi) is 5.61. The minimum atomic E-state index is 0.132. The molecule has 1 unspecified atom stereocenters. The van der Waals surface area contributed by atoms with Crippen molar-refractivity contribution in [2.75, 3.05) is 19.6 Å². The molecule has 1 N–H and O–H groups in total. The molecule has 2 rings (SSSR count). The Morgan fingerprint density at radius 3 is 2.90 bits per heavy atom. The van der Waals surface area contributed by atoms with Gasteiger partial charge in [-0.05, 0) is 66.4 Å². The van der Waals surface area contributed by atoms with E-state index in [1.165, 1.54) is 12.8 Å². The number of halogens is 1. The molecular formula is C16H23BrN2O. The van der Waals surface area contributed by atoms with Gasteiger partial charge in [-0.3, -0.25) is 4.79 Å². The molecule has 4 heteroatoms. The van der Waals surface area contributed by atoms with Gasteiger partial charge in [0.25, 0.3) is 5.91 Å². The molecule has 0 aromatic heterocycles. The standard InChI is InChI=1S/C16H23BrN2O/c1-3-9-19(11-13-5-4-8-18-13)16(20)14-7-6-12(2)10-15(14)17/h6-7,10,13,18H,3-5,8-9,11H2,1-2H3. The molecule has 1 aromatic carbocycles. The van der Waals surface area contributed by atoms with Gasteiger partial charge in [0, 0.05) is 23.6 Å². The Morgan fingerprint density at radius 2 is 2.30 bits per heavy atom. The summed E-state index contributed by atoms with van der Waals surface area (Å²) in [7, 11) is 0. The summed E-state index contributed by atoms with van der Waals surface area (Å²) >= 11 is 3.52. The summed E-state index contributed by atoms with van der Waals surface area (Å²) in [5, 5.41) is 3.47. The molecule has 0 radical (unpaired) electrons. The summed E-state index contributed by atoms with van der Waals surface area (Å²) < 4.78 is 0.892. The highest BCUT2D eigenvalue weighted by Gasteiger charge is 2.23. The van der Waals surface area contributed by atoms with E-state index in [1.807, 2.05) is 30.0 Å². The van der Waals surface area contributed by atoms with Crippen molar-refractivity contribution in [1.29, 1.82) is 0 Å². The lowest BCUT2D eigenvalue weighted by Gasteiger charge is -2.26. The minimum absolute atomic E-state index is 0.132. The molecule has 1 aromatic rings. The Labute approximate surface area is 129 Å². The second kappa shape index (κ2) is 7.23. The zero-order valence-electron chi connectivity index (χ0n) is 12.3. The van der Waals surface area contributed by atoms with Crippen molar-refractivity contribution >= 4 is 21.8 Å². The van der Waals surface area contributed by atoms with E-state index >= 15 is 0 Å². The molecule has 0 saturated carbocycles. The second-order valence-corrected chi connectivity index (χ2v) is 6.38. The number of carbonyl (C=O) groups excluding carboxylic acids is 1. The van der Waals surface area contributed by atoms with Gasteiger partial charge in [0.1, 0.15) is 0 Å². The van der Waals surface area contributed by atoms with Crippen LogP contribution in [0.3, 0.4) is 0 Å². The first-order valence-corrected chi connectivity index (χ1v) is 8.20. The molecule has 1 atom stereocenters. The number of nitrogens with zero attached hydrogens (tertiary/aromatic N) is 1. The predicted octanol–water partition coefficient (Wildman–Crippen LogP) is 3.36. The smallest absolute Gasteiger partial charge is 0.255 e. The van der Waals surface area contributed by atoms with Gasteiger partial charge in [0.05, 0.1) is 5.56 Å². The number of nitrogens with one attached hydrogen (secondary N) is 1. The number of hydrogen-bond donors (Lipinski definition) is 1. The monoisotopic (exact) mass is 338 g/mol. The van der Waals surface area contributed by atoms with Crippen LogP contribution >= 0.6 is 15.9 Å². The number of hydrogen-bond acceptors (Lipinski definition) is 2. The summed E-state index contributed by atoms with van der Waals surface area (Å²) in [5.74, 6) is 0.132. The summed E-state index contributed by atoms with van der Waals surface area (Å²) in [5.41, 5.74) is 1.93. The van der Waals surface area contributed by atoms with E-state index in [4.69, 9.17) is 0 Å². The highest BCUT2D eigenvalue weighted by atomic mass is 79.9.